The first-order chi connectivity index (χ1) is 12.7. The summed E-state index contributed by atoms with van der Waals surface area (Å²) >= 11 is 6.45. The lowest BCUT2D eigenvalue weighted by molar-refractivity contribution is 0.0828. The van der Waals surface area contributed by atoms with Crippen molar-refractivity contribution in [2.24, 2.45) is 5.92 Å². The summed E-state index contributed by atoms with van der Waals surface area (Å²) in [5.41, 5.74) is 4.85. The van der Waals surface area contributed by atoms with Gasteiger partial charge in [-0.2, -0.15) is 0 Å². The summed E-state index contributed by atoms with van der Waals surface area (Å²) in [5.74, 6) is 1.59. The molecule has 5 heteroatoms. The summed E-state index contributed by atoms with van der Waals surface area (Å²) in [6.45, 7) is 2.96. The number of hydrogen-bond donors (Lipinski definition) is 1. The minimum Gasteiger partial charge on any atom is -0.493 e. The monoisotopic (exact) mass is 373 g/mol. The molecule has 0 unspecified atom stereocenters. The average Bonchev–Trinajstić information content (AvgIpc) is 3.16. The SMILES string of the molecule is CCc1ccc2c(c1)[C@H]1OCC[C@H]1[C@@H](c1cc(Cl)c(OC)c(OC)c1)N2. The topological polar surface area (TPSA) is 39.7 Å². The second-order valence-corrected chi connectivity index (χ2v) is 7.29. The molecule has 2 aromatic carbocycles. The van der Waals surface area contributed by atoms with Crippen molar-refractivity contribution in [2.45, 2.75) is 31.9 Å². The molecule has 2 aromatic rings. The molecule has 4 rings (SSSR count). The Morgan fingerprint density at radius 1 is 1.19 bits per heavy atom. The highest BCUT2D eigenvalue weighted by Crippen LogP contribution is 2.51. The highest BCUT2D eigenvalue weighted by Gasteiger charge is 2.41. The van der Waals surface area contributed by atoms with Crippen LogP contribution in [-0.2, 0) is 11.2 Å². The van der Waals surface area contributed by atoms with Crippen LogP contribution in [0.5, 0.6) is 11.5 Å². The first-order valence-electron chi connectivity index (χ1n) is 9.08. The third kappa shape index (κ3) is 2.81. The van der Waals surface area contributed by atoms with Crippen LogP contribution in [0.15, 0.2) is 30.3 Å². The number of nitrogens with one attached hydrogen (secondary N) is 1. The zero-order valence-corrected chi connectivity index (χ0v) is 16.1. The van der Waals surface area contributed by atoms with E-state index in [1.54, 1.807) is 14.2 Å². The maximum atomic E-state index is 6.45. The largest absolute Gasteiger partial charge is 0.493 e. The van der Waals surface area contributed by atoms with E-state index < -0.39 is 0 Å². The molecule has 1 fully saturated rings. The summed E-state index contributed by atoms with van der Waals surface area (Å²) in [7, 11) is 3.24. The van der Waals surface area contributed by atoms with Gasteiger partial charge in [-0.05, 0) is 42.2 Å². The Balaban J connectivity index is 1.77. The van der Waals surface area contributed by atoms with Crippen molar-refractivity contribution in [2.75, 3.05) is 26.1 Å². The summed E-state index contributed by atoms with van der Waals surface area (Å²) in [4.78, 5) is 0. The van der Waals surface area contributed by atoms with Crippen LogP contribution < -0.4 is 14.8 Å². The number of rotatable bonds is 4. The fourth-order valence-electron chi connectivity index (χ4n) is 4.19. The molecule has 3 atom stereocenters. The van der Waals surface area contributed by atoms with Crippen molar-refractivity contribution >= 4 is 17.3 Å². The third-order valence-electron chi connectivity index (χ3n) is 5.52. The van der Waals surface area contributed by atoms with Crippen molar-refractivity contribution in [1.29, 1.82) is 0 Å². The van der Waals surface area contributed by atoms with E-state index >= 15 is 0 Å². The molecule has 0 aliphatic carbocycles. The molecule has 138 valence electrons. The van der Waals surface area contributed by atoms with E-state index in [9.17, 15) is 0 Å². The van der Waals surface area contributed by atoms with E-state index in [0.717, 1.165) is 30.7 Å². The maximum absolute atomic E-state index is 6.45. The van der Waals surface area contributed by atoms with E-state index in [1.165, 1.54) is 11.1 Å². The predicted octanol–water partition coefficient (Wildman–Crippen LogP) is 5.16. The molecular formula is C21H24ClNO3. The van der Waals surface area contributed by atoms with Crippen LogP contribution in [0.3, 0.4) is 0 Å². The Bertz CT molecular complexity index is 823. The number of anilines is 1. The predicted molar refractivity (Wildman–Crippen MR) is 104 cm³/mol. The van der Waals surface area contributed by atoms with Gasteiger partial charge in [-0.25, -0.2) is 0 Å². The van der Waals surface area contributed by atoms with Gasteiger partial charge >= 0.3 is 0 Å². The number of halogens is 1. The van der Waals surface area contributed by atoms with Crippen LogP contribution in [0.1, 0.15) is 42.2 Å². The van der Waals surface area contributed by atoms with Gasteiger partial charge in [0, 0.05) is 23.8 Å². The van der Waals surface area contributed by atoms with E-state index in [0.29, 0.717) is 22.4 Å². The first-order valence-corrected chi connectivity index (χ1v) is 9.46. The highest BCUT2D eigenvalue weighted by molar-refractivity contribution is 6.32. The molecule has 2 heterocycles. The van der Waals surface area contributed by atoms with Crippen molar-refractivity contribution in [1.82, 2.24) is 0 Å². The lowest BCUT2D eigenvalue weighted by Gasteiger charge is -2.37. The lowest BCUT2D eigenvalue weighted by Crippen LogP contribution is -2.29. The van der Waals surface area contributed by atoms with Gasteiger partial charge in [-0.1, -0.05) is 30.7 Å². The van der Waals surface area contributed by atoms with E-state index in [2.05, 4.69) is 30.4 Å². The summed E-state index contributed by atoms with van der Waals surface area (Å²) in [6, 6.07) is 10.7. The van der Waals surface area contributed by atoms with Crippen LogP contribution in [0.4, 0.5) is 5.69 Å². The van der Waals surface area contributed by atoms with Gasteiger partial charge in [-0.15, -0.1) is 0 Å². The number of hydrogen-bond acceptors (Lipinski definition) is 4. The Morgan fingerprint density at radius 2 is 2.04 bits per heavy atom. The lowest BCUT2D eigenvalue weighted by atomic mass is 9.80. The van der Waals surface area contributed by atoms with Crippen LogP contribution in [0.2, 0.25) is 5.02 Å². The zero-order valence-electron chi connectivity index (χ0n) is 15.3. The molecule has 0 aromatic heterocycles. The van der Waals surface area contributed by atoms with Gasteiger partial charge in [0.2, 0.25) is 0 Å². The van der Waals surface area contributed by atoms with Gasteiger partial charge in [0.1, 0.15) is 0 Å². The number of ether oxygens (including phenoxy) is 3. The van der Waals surface area contributed by atoms with Crippen molar-refractivity contribution in [3.05, 3.63) is 52.0 Å². The number of aryl methyl sites for hydroxylation is 1. The minimum absolute atomic E-state index is 0.120. The van der Waals surface area contributed by atoms with E-state index in [1.807, 2.05) is 12.1 Å². The first kappa shape index (κ1) is 17.5. The van der Waals surface area contributed by atoms with Crippen LogP contribution >= 0.6 is 11.6 Å². The Hall–Kier alpha value is -1.91. The van der Waals surface area contributed by atoms with Crippen LogP contribution in [0.25, 0.3) is 0 Å². The summed E-state index contributed by atoms with van der Waals surface area (Å²) < 4.78 is 17.0. The van der Waals surface area contributed by atoms with Crippen molar-refractivity contribution < 1.29 is 14.2 Å². The second-order valence-electron chi connectivity index (χ2n) is 6.88. The molecule has 0 spiro atoms. The fourth-order valence-corrected chi connectivity index (χ4v) is 4.49. The van der Waals surface area contributed by atoms with Crippen molar-refractivity contribution in [3.63, 3.8) is 0 Å². The normalized spacial score (nSPS) is 23.8. The summed E-state index contributed by atoms with van der Waals surface area (Å²) in [5, 5.41) is 4.28. The summed E-state index contributed by atoms with van der Waals surface area (Å²) in [6.07, 6.45) is 2.17. The molecule has 0 saturated carbocycles. The molecule has 0 amide bonds. The van der Waals surface area contributed by atoms with Crippen LogP contribution in [0, 0.1) is 5.92 Å². The smallest absolute Gasteiger partial charge is 0.179 e. The van der Waals surface area contributed by atoms with E-state index in [-0.39, 0.29) is 12.1 Å². The Morgan fingerprint density at radius 3 is 2.77 bits per heavy atom. The zero-order chi connectivity index (χ0) is 18.3. The maximum Gasteiger partial charge on any atom is 0.179 e. The molecule has 4 nitrogen and oxygen atoms in total. The van der Waals surface area contributed by atoms with Gasteiger partial charge in [0.25, 0.3) is 0 Å². The molecule has 0 bridgehead atoms. The molecule has 1 saturated heterocycles. The highest BCUT2D eigenvalue weighted by atomic mass is 35.5. The van der Waals surface area contributed by atoms with Gasteiger partial charge in [0.15, 0.2) is 11.5 Å². The Kier molecular flexibility index (Phi) is 4.72. The Labute approximate surface area is 159 Å². The number of methoxy groups -OCH3 is 2. The van der Waals surface area contributed by atoms with Crippen LogP contribution in [-0.4, -0.2) is 20.8 Å². The van der Waals surface area contributed by atoms with Crippen molar-refractivity contribution in [3.8, 4) is 11.5 Å². The molecule has 2 aliphatic heterocycles. The molecule has 26 heavy (non-hydrogen) atoms. The molecule has 0 radical (unpaired) electrons. The van der Waals surface area contributed by atoms with Gasteiger partial charge in [0.05, 0.1) is 31.4 Å². The average molecular weight is 374 g/mol. The molecule has 1 N–H and O–H groups in total. The standard InChI is InChI=1S/C21H24ClNO3/c1-4-12-5-6-17-15(9-12)20-14(7-8-26-20)19(23-17)13-10-16(22)21(25-3)18(11-13)24-2/h5-6,9-11,14,19-20,23H,4,7-8H2,1-3H3/t14-,19+,20-/m0/s1. The molecular weight excluding hydrogens is 350 g/mol. The number of benzene rings is 2. The molecule has 2 aliphatic rings. The van der Waals surface area contributed by atoms with E-state index in [4.69, 9.17) is 25.8 Å². The van der Waals surface area contributed by atoms with Gasteiger partial charge in [-0.3, -0.25) is 0 Å². The van der Waals surface area contributed by atoms with Gasteiger partial charge < -0.3 is 19.5 Å². The number of fused-ring (bicyclic) bond motifs is 3. The third-order valence-corrected chi connectivity index (χ3v) is 5.80. The minimum atomic E-state index is 0.120. The quantitative estimate of drug-likeness (QED) is 0.803. The fraction of sp³-hybridized carbons (Fsp3) is 0.429. The second kappa shape index (κ2) is 7.01.